The molecule has 1 aliphatic heterocycles. The molecular formula is C13H22N4O2. The van der Waals surface area contributed by atoms with Crippen molar-refractivity contribution in [3.8, 4) is 0 Å². The fourth-order valence-corrected chi connectivity index (χ4v) is 2.32. The summed E-state index contributed by atoms with van der Waals surface area (Å²) in [6, 6.07) is 0.242. The minimum absolute atomic E-state index is 0.104. The van der Waals surface area contributed by atoms with Crippen LogP contribution >= 0.6 is 0 Å². The molecule has 1 unspecified atom stereocenters. The number of hydrogen-bond acceptors (Lipinski definition) is 5. The molecule has 0 bridgehead atoms. The summed E-state index contributed by atoms with van der Waals surface area (Å²) in [7, 11) is 0. The molecule has 19 heavy (non-hydrogen) atoms. The molecule has 0 radical (unpaired) electrons. The molecule has 106 valence electrons. The molecule has 1 amide bonds. The maximum absolute atomic E-state index is 12.3. The molecule has 1 aromatic rings. The van der Waals surface area contributed by atoms with Crippen molar-refractivity contribution in [1.82, 2.24) is 20.4 Å². The molecule has 1 N–H and O–H groups in total. The third kappa shape index (κ3) is 3.12. The second-order valence-electron chi connectivity index (χ2n) is 5.20. The van der Waals surface area contributed by atoms with Crippen molar-refractivity contribution in [2.45, 2.75) is 52.1 Å². The third-order valence-electron chi connectivity index (χ3n) is 3.34. The van der Waals surface area contributed by atoms with E-state index < -0.39 is 0 Å². The molecule has 0 aliphatic carbocycles. The molecule has 6 nitrogen and oxygen atoms in total. The van der Waals surface area contributed by atoms with Crippen molar-refractivity contribution in [1.29, 1.82) is 0 Å². The van der Waals surface area contributed by atoms with Crippen molar-refractivity contribution >= 4 is 5.91 Å². The van der Waals surface area contributed by atoms with E-state index >= 15 is 0 Å². The fourth-order valence-electron chi connectivity index (χ4n) is 2.32. The number of hydrogen-bond donors (Lipinski definition) is 1. The van der Waals surface area contributed by atoms with Gasteiger partial charge in [0, 0.05) is 12.6 Å². The van der Waals surface area contributed by atoms with E-state index in [0.717, 1.165) is 25.8 Å². The van der Waals surface area contributed by atoms with Crippen molar-refractivity contribution in [2.75, 3.05) is 13.1 Å². The highest BCUT2D eigenvalue weighted by Gasteiger charge is 2.27. The van der Waals surface area contributed by atoms with Crippen molar-refractivity contribution in [2.24, 2.45) is 0 Å². The highest BCUT2D eigenvalue weighted by molar-refractivity contribution is 5.90. The van der Waals surface area contributed by atoms with Gasteiger partial charge in [-0.3, -0.25) is 4.79 Å². The van der Waals surface area contributed by atoms with Crippen LogP contribution in [0.3, 0.4) is 0 Å². The van der Waals surface area contributed by atoms with Crippen LogP contribution in [0.2, 0.25) is 0 Å². The number of nitrogens with one attached hydrogen (secondary N) is 1. The fraction of sp³-hybridized carbons (Fsp3) is 0.769. The third-order valence-corrected chi connectivity index (χ3v) is 3.34. The van der Waals surface area contributed by atoms with E-state index in [1.54, 1.807) is 4.90 Å². The summed E-state index contributed by atoms with van der Waals surface area (Å²) in [6.45, 7) is 7.71. The highest BCUT2D eigenvalue weighted by atomic mass is 16.5. The lowest BCUT2D eigenvalue weighted by molar-refractivity contribution is 0.0690. The van der Waals surface area contributed by atoms with Crippen LogP contribution in [0.1, 0.15) is 62.6 Å². The summed E-state index contributed by atoms with van der Waals surface area (Å²) < 4.78 is 5.21. The smallest absolute Gasteiger partial charge is 0.295 e. The highest BCUT2D eigenvalue weighted by Crippen LogP contribution is 2.21. The zero-order valence-corrected chi connectivity index (χ0v) is 11.8. The first-order chi connectivity index (χ1) is 9.13. The van der Waals surface area contributed by atoms with Gasteiger partial charge in [0.25, 0.3) is 11.7 Å². The number of amides is 1. The van der Waals surface area contributed by atoms with Gasteiger partial charge in [-0.2, -0.15) is 4.98 Å². The lowest BCUT2D eigenvalue weighted by atomic mass is 10.2. The van der Waals surface area contributed by atoms with E-state index in [9.17, 15) is 4.79 Å². The molecule has 1 fully saturated rings. The lowest BCUT2D eigenvalue weighted by Gasteiger charge is -2.24. The number of nitrogens with zero attached hydrogens (tertiary/aromatic N) is 3. The Bertz CT molecular complexity index is 424. The zero-order chi connectivity index (χ0) is 13.8. The maximum atomic E-state index is 12.3. The standard InChI is InChI=1S/C13H22N4O2/c1-4-8-17(9(2)3)13(18)11-15-12(19-16-11)10-6-5-7-14-10/h9-10,14H,4-8H2,1-3H3. The molecule has 2 rings (SSSR count). The summed E-state index contributed by atoms with van der Waals surface area (Å²) >= 11 is 0. The first-order valence-corrected chi connectivity index (χ1v) is 7.01. The van der Waals surface area contributed by atoms with E-state index in [0.29, 0.717) is 12.4 Å². The molecule has 1 aliphatic rings. The number of carbonyl (C=O) groups excluding carboxylic acids is 1. The van der Waals surface area contributed by atoms with Crippen LogP contribution in [0.5, 0.6) is 0 Å². The number of rotatable bonds is 5. The Morgan fingerprint density at radius 1 is 1.58 bits per heavy atom. The summed E-state index contributed by atoms with van der Waals surface area (Å²) in [5.41, 5.74) is 0. The zero-order valence-electron chi connectivity index (χ0n) is 11.8. The van der Waals surface area contributed by atoms with Crippen LogP contribution < -0.4 is 5.32 Å². The van der Waals surface area contributed by atoms with E-state index in [-0.39, 0.29) is 23.8 Å². The van der Waals surface area contributed by atoms with Crippen LogP contribution in [0.15, 0.2) is 4.52 Å². The summed E-state index contributed by atoms with van der Waals surface area (Å²) in [5.74, 6) is 0.553. The van der Waals surface area contributed by atoms with E-state index in [4.69, 9.17) is 4.52 Å². The van der Waals surface area contributed by atoms with E-state index in [1.807, 2.05) is 20.8 Å². The molecular weight excluding hydrogens is 244 g/mol. The molecule has 1 aromatic heterocycles. The Hall–Kier alpha value is -1.43. The Morgan fingerprint density at radius 3 is 2.95 bits per heavy atom. The van der Waals surface area contributed by atoms with Crippen LogP contribution in [0, 0.1) is 0 Å². The topological polar surface area (TPSA) is 71.3 Å². The predicted octanol–water partition coefficient (Wildman–Crippen LogP) is 1.75. The van der Waals surface area contributed by atoms with E-state index in [1.165, 1.54) is 0 Å². The molecule has 0 saturated carbocycles. The molecule has 2 heterocycles. The summed E-state index contributed by atoms with van der Waals surface area (Å²) in [5, 5.41) is 7.11. The van der Waals surface area contributed by atoms with Crippen molar-refractivity contribution in [3.63, 3.8) is 0 Å². The predicted molar refractivity (Wildman–Crippen MR) is 70.7 cm³/mol. The molecule has 0 spiro atoms. The second kappa shape index (κ2) is 6.14. The van der Waals surface area contributed by atoms with Gasteiger partial charge >= 0.3 is 0 Å². The van der Waals surface area contributed by atoms with Gasteiger partial charge < -0.3 is 14.7 Å². The minimum Gasteiger partial charge on any atom is -0.337 e. The Labute approximate surface area is 113 Å². The van der Waals surface area contributed by atoms with Crippen LogP contribution in [0.25, 0.3) is 0 Å². The summed E-state index contributed by atoms with van der Waals surface area (Å²) in [6.07, 6.45) is 3.00. The molecule has 1 saturated heterocycles. The van der Waals surface area contributed by atoms with Gasteiger partial charge in [0.1, 0.15) is 0 Å². The second-order valence-corrected chi connectivity index (χ2v) is 5.20. The average Bonchev–Trinajstić information content (AvgIpc) is 3.03. The van der Waals surface area contributed by atoms with E-state index in [2.05, 4.69) is 15.5 Å². The van der Waals surface area contributed by atoms with Crippen molar-refractivity contribution < 1.29 is 9.32 Å². The first-order valence-electron chi connectivity index (χ1n) is 7.01. The van der Waals surface area contributed by atoms with Gasteiger partial charge in [-0.25, -0.2) is 0 Å². The van der Waals surface area contributed by atoms with Gasteiger partial charge in [0.2, 0.25) is 5.89 Å². The summed E-state index contributed by atoms with van der Waals surface area (Å²) in [4.78, 5) is 18.3. The van der Waals surface area contributed by atoms with Gasteiger partial charge in [-0.1, -0.05) is 12.1 Å². The molecule has 6 heteroatoms. The largest absolute Gasteiger partial charge is 0.337 e. The molecule has 0 aromatic carbocycles. The SMILES string of the molecule is CCCN(C(=O)c1noc(C2CCCN2)n1)C(C)C. The average molecular weight is 266 g/mol. The van der Waals surface area contributed by atoms with Gasteiger partial charge in [-0.15, -0.1) is 0 Å². The number of aromatic nitrogens is 2. The lowest BCUT2D eigenvalue weighted by Crippen LogP contribution is -2.38. The van der Waals surface area contributed by atoms with Gasteiger partial charge in [0.15, 0.2) is 0 Å². The van der Waals surface area contributed by atoms with Crippen LogP contribution in [-0.4, -0.2) is 40.1 Å². The minimum atomic E-state index is -0.148. The van der Waals surface area contributed by atoms with Gasteiger partial charge in [0.05, 0.1) is 6.04 Å². The Kier molecular flexibility index (Phi) is 4.52. The first kappa shape index (κ1) is 14.0. The normalized spacial score (nSPS) is 19.1. The number of carbonyl (C=O) groups is 1. The molecule has 1 atom stereocenters. The van der Waals surface area contributed by atoms with Gasteiger partial charge in [-0.05, 0) is 39.7 Å². The van der Waals surface area contributed by atoms with Crippen LogP contribution in [-0.2, 0) is 0 Å². The maximum Gasteiger partial charge on any atom is 0.295 e. The Morgan fingerprint density at radius 2 is 2.37 bits per heavy atom. The van der Waals surface area contributed by atoms with Crippen molar-refractivity contribution in [3.05, 3.63) is 11.7 Å². The monoisotopic (exact) mass is 266 g/mol. The quantitative estimate of drug-likeness (QED) is 0.879. The van der Waals surface area contributed by atoms with Crippen LogP contribution in [0.4, 0.5) is 0 Å². The Balaban J connectivity index is 2.09.